The zero-order valence-corrected chi connectivity index (χ0v) is 19.8. The van der Waals surface area contributed by atoms with Gasteiger partial charge in [-0.1, -0.05) is 55.8 Å². The lowest BCUT2D eigenvalue weighted by atomic mass is 9.77. The smallest absolute Gasteiger partial charge is 0.264 e. The summed E-state index contributed by atoms with van der Waals surface area (Å²) >= 11 is 0. The molecule has 33 heavy (non-hydrogen) atoms. The first kappa shape index (κ1) is 24.6. The Morgan fingerprint density at radius 2 is 1.73 bits per heavy atom. The van der Waals surface area contributed by atoms with Crippen molar-refractivity contribution >= 4 is 32.6 Å². The molecule has 0 aliphatic rings. The van der Waals surface area contributed by atoms with Crippen molar-refractivity contribution in [2.24, 2.45) is 11.7 Å². The number of hydrogen-bond donors (Lipinski definition) is 1. The average molecular weight is 472 g/mol. The van der Waals surface area contributed by atoms with Crippen LogP contribution in [0.3, 0.4) is 0 Å². The summed E-state index contributed by atoms with van der Waals surface area (Å²) in [6.45, 7) is 1.85. The Kier molecular flexibility index (Phi) is 7.34. The van der Waals surface area contributed by atoms with E-state index in [1.165, 1.54) is 4.90 Å². The number of carbonyl (C=O) groups is 2. The summed E-state index contributed by atoms with van der Waals surface area (Å²) in [5, 5.41) is 0. The zero-order valence-electron chi connectivity index (χ0n) is 19.0. The maximum absolute atomic E-state index is 13.6. The molecular formula is C24H29N3O5S. The molecule has 3 aromatic rings. The first-order valence-corrected chi connectivity index (χ1v) is 12.5. The number of primary amides is 1. The minimum absolute atomic E-state index is 0.164. The summed E-state index contributed by atoms with van der Waals surface area (Å²) < 4.78 is 32.2. The van der Waals surface area contributed by atoms with E-state index in [2.05, 4.69) is 4.98 Å². The number of likely N-dealkylation sites (N-methyl/N-ethyl adjacent to an activating group) is 1. The fraction of sp³-hybridized carbons (Fsp3) is 0.375. The van der Waals surface area contributed by atoms with Crippen molar-refractivity contribution in [3.63, 3.8) is 0 Å². The Morgan fingerprint density at radius 1 is 1.09 bits per heavy atom. The largest absolute Gasteiger partial charge is 0.434 e. The minimum atomic E-state index is -3.83. The Balaban J connectivity index is 2.06. The van der Waals surface area contributed by atoms with Crippen LogP contribution >= 0.6 is 0 Å². The van der Waals surface area contributed by atoms with Crippen LogP contribution in [0.5, 0.6) is 0 Å². The summed E-state index contributed by atoms with van der Waals surface area (Å²) in [6.07, 6.45) is 0.762. The quantitative estimate of drug-likeness (QED) is 0.427. The molecule has 0 aliphatic carbocycles. The van der Waals surface area contributed by atoms with Crippen LogP contribution in [0.2, 0.25) is 0 Å². The fourth-order valence-corrected chi connectivity index (χ4v) is 6.30. The summed E-state index contributed by atoms with van der Waals surface area (Å²) in [4.78, 5) is 32.3. The van der Waals surface area contributed by atoms with E-state index in [1.54, 1.807) is 68.7 Å². The summed E-state index contributed by atoms with van der Waals surface area (Å²) in [5.41, 5.74) is 5.60. The van der Waals surface area contributed by atoms with Crippen molar-refractivity contribution in [2.75, 3.05) is 19.8 Å². The first-order valence-electron chi connectivity index (χ1n) is 10.7. The molecule has 1 amide bonds. The number of nitrogens with two attached hydrogens (primary N) is 1. The minimum Gasteiger partial charge on any atom is -0.434 e. The molecule has 0 aliphatic heterocycles. The molecule has 0 bridgehead atoms. The predicted octanol–water partition coefficient (Wildman–Crippen LogP) is 2.83. The maximum Gasteiger partial charge on any atom is 0.264 e. The molecule has 9 heteroatoms. The van der Waals surface area contributed by atoms with Crippen LogP contribution in [0, 0.1) is 5.92 Å². The van der Waals surface area contributed by atoms with Gasteiger partial charge in [0.1, 0.15) is 11.1 Å². The molecule has 2 N–H and O–H groups in total. The van der Waals surface area contributed by atoms with Gasteiger partial charge in [-0.05, 0) is 38.2 Å². The lowest BCUT2D eigenvalue weighted by Crippen LogP contribution is -2.65. The third-order valence-electron chi connectivity index (χ3n) is 5.87. The van der Waals surface area contributed by atoms with Gasteiger partial charge < -0.3 is 10.2 Å². The highest BCUT2D eigenvalue weighted by atomic mass is 32.2. The molecule has 8 nitrogen and oxygen atoms in total. The molecule has 0 saturated heterocycles. The van der Waals surface area contributed by atoms with E-state index in [-0.39, 0.29) is 18.1 Å². The number of fused-ring (bicyclic) bond motifs is 1. The number of amides is 1. The molecule has 0 radical (unpaired) electrons. The molecule has 1 unspecified atom stereocenters. The zero-order chi connectivity index (χ0) is 24.2. The van der Waals surface area contributed by atoms with Crippen LogP contribution in [0.4, 0.5) is 0 Å². The van der Waals surface area contributed by atoms with Crippen molar-refractivity contribution < 1.29 is 22.4 Å². The van der Waals surface area contributed by atoms with Crippen LogP contribution in [-0.2, 0) is 20.4 Å². The van der Waals surface area contributed by atoms with Gasteiger partial charge in [0.05, 0.1) is 17.4 Å². The normalized spacial score (nSPS) is 14.8. The third kappa shape index (κ3) is 5.15. The third-order valence-corrected chi connectivity index (χ3v) is 7.52. The van der Waals surface area contributed by atoms with Crippen LogP contribution in [0.25, 0.3) is 11.1 Å². The molecule has 3 rings (SSSR count). The first-order chi connectivity index (χ1) is 15.6. The molecule has 2 aromatic carbocycles. The van der Waals surface area contributed by atoms with E-state index < -0.39 is 38.7 Å². The van der Waals surface area contributed by atoms with E-state index in [0.717, 1.165) is 0 Å². The topological polar surface area (TPSA) is 124 Å². The number of hydrogen-bond acceptors (Lipinski definition) is 7. The summed E-state index contributed by atoms with van der Waals surface area (Å²) in [6, 6.07) is 15.6. The summed E-state index contributed by atoms with van der Waals surface area (Å²) in [7, 11) is -0.711. The molecule has 0 spiro atoms. The molecule has 176 valence electrons. The molecule has 1 aromatic heterocycles. The predicted molar refractivity (Wildman–Crippen MR) is 126 cm³/mol. The molecule has 2 atom stereocenters. The Bertz CT molecular complexity index is 1200. The van der Waals surface area contributed by atoms with Gasteiger partial charge in [-0.15, -0.1) is 0 Å². The van der Waals surface area contributed by atoms with Gasteiger partial charge in [0.2, 0.25) is 11.7 Å². The number of nitrogens with zero attached hydrogens (tertiary/aromatic N) is 2. The van der Waals surface area contributed by atoms with E-state index in [1.807, 2.05) is 6.92 Å². The van der Waals surface area contributed by atoms with E-state index in [9.17, 15) is 18.0 Å². The number of Topliss-reactive ketones (excluding diaryl/α,β-unsaturated/α-hetero) is 1. The van der Waals surface area contributed by atoms with Crippen LogP contribution in [-0.4, -0.2) is 55.4 Å². The SMILES string of the molecule is CCC[C@H](C(=O)c1nc2ccccc2o1)C(CS(=O)(=O)Cc1ccccc1)(C(N)=O)N(C)C. The van der Waals surface area contributed by atoms with E-state index in [0.29, 0.717) is 23.1 Å². The standard InChI is InChI=1S/C24H29N3O5S/c1-4-10-18(21(28)22-26-19-13-8-9-14-20(19)32-22)24(23(25)29,27(2)3)16-33(30,31)15-17-11-6-5-7-12-17/h5-9,11-14,18H,4,10,15-16H2,1-3H3,(H2,25,29)/t18-,24?/m1/s1. The van der Waals surface area contributed by atoms with Gasteiger partial charge in [-0.25, -0.2) is 13.4 Å². The number of rotatable bonds is 11. The van der Waals surface area contributed by atoms with Crippen molar-refractivity contribution in [2.45, 2.75) is 31.1 Å². The number of para-hydroxylation sites is 2. The number of ketones is 1. The second-order valence-electron chi connectivity index (χ2n) is 8.39. The van der Waals surface area contributed by atoms with Crippen LogP contribution in [0.15, 0.2) is 59.0 Å². The maximum atomic E-state index is 13.6. The monoisotopic (exact) mass is 471 g/mol. The van der Waals surface area contributed by atoms with Gasteiger partial charge in [-0.3, -0.25) is 14.5 Å². The lowest BCUT2D eigenvalue weighted by molar-refractivity contribution is -0.130. The van der Waals surface area contributed by atoms with Crippen molar-refractivity contribution in [3.8, 4) is 0 Å². The highest BCUT2D eigenvalue weighted by Gasteiger charge is 2.53. The average Bonchev–Trinajstić information content (AvgIpc) is 3.20. The highest BCUT2D eigenvalue weighted by molar-refractivity contribution is 7.90. The van der Waals surface area contributed by atoms with Gasteiger partial charge >= 0.3 is 0 Å². The Labute approximate surface area is 193 Å². The van der Waals surface area contributed by atoms with Gasteiger partial charge in [0.25, 0.3) is 5.89 Å². The van der Waals surface area contributed by atoms with Crippen molar-refractivity contribution in [1.82, 2.24) is 9.88 Å². The Hall–Kier alpha value is -3.04. The lowest BCUT2D eigenvalue weighted by Gasteiger charge is -2.41. The van der Waals surface area contributed by atoms with Crippen molar-refractivity contribution in [1.29, 1.82) is 0 Å². The highest BCUT2D eigenvalue weighted by Crippen LogP contribution is 2.33. The molecule has 0 fully saturated rings. The number of sulfone groups is 1. The van der Waals surface area contributed by atoms with E-state index in [4.69, 9.17) is 10.2 Å². The number of benzene rings is 2. The number of oxazole rings is 1. The number of carbonyl (C=O) groups excluding carboxylic acids is 2. The van der Waals surface area contributed by atoms with Crippen molar-refractivity contribution in [3.05, 3.63) is 66.1 Å². The van der Waals surface area contributed by atoms with Crippen LogP contribution < -0.4 is 5.73 Å². The van der Waals surface area contributed by atoms with E-state index >= 15 is 0 Å². The summed E-state index contributed by atoms with van der Waals surface area (Å²) in [5.74, 6) is -3.53. The fourth-order valence-electron chi connectivity index (χ4n) is 4.22. The number of aromatic nitrogens is 1. The molecule has 0 saturated carbocycles. The second kappa shape index (κ2) is 9.84. The second-order valence-corrected chi connectivity index (χ2v) is 10.5. The van der Waals surface area contributed by atoms with Gasteiger partial charge in [-0.2, -0.15) is 0 Å². The van der Waals surface area contributed by atoms with Crippen LogP contribution in [0.1, 0.15) is 36.0 Å². The molecule has 1 heterocycles. The molecular weight excluding hydrogens is 442 g/mol. The van der Waals surface area contributed by atoms with Gasteiger partial charge in [0.15, 0.2) is 15.4 Å². The Morgan fingerprint density at radius 3 is 2.30 bits per heavy atom. The van der Waals surface area contributed by atoms with Gasteiger partial charge in [0, 0.05) is 0 Å².